The van der Waals surface area contributed by atoms with Gasteiger partial charge in [0.2, 0.25) is 5.91 Å². The molecule has 1 amide bonds. The van der Waals surface area contributed by atoms with Crippen LogP contribution in [0, 0.1) is 0 Å². The third kappa shape index (κ3) is 3.54. The van der Waals surface area contributed by atoms with Gasteiger partial charge in [0.25, 0.3) is 0 Å². The predicted octanol–water partition coefficient (Wildman–Crippen LogP) is 1.82. The van der Waals surface area contributed by atoms with Crippen LogP contribution in [0.4, 0.5) is 5.69 Å². The van der Waals surface area contributed by atoms with Crippen molar-refractivity contribution in [1.29, 1.82) is 0 Å². The van der Waals surface area contributed by atoms with E-state index < -0.39 is 11.5 Å². The summed E-state index contributed by atoms with van der Waals surface area (Å²) in [6.45, 7) is 3.13. The Morgan fingerprint density at radius 2 is 2.00 bits per heavy atom. The fourth-order valence-electron chi connectivity index (χ4n) is 1.04. The molecule has 0 aliphatic heterocycles. The molecule has 1 rings (SSSR count). The van der Waals surface area contributed by atoms with E-state index in [2.05, 4.69) is 21.2 Å². The first kappa shape index (κ1) is 13.7. The average Bonchev–Trinajstić information content (AvgIpc) is 2.19. The molecule has 0 bridgehead atoms. The zero-order valence-corrected chi connectivity index (χ0v) is 11.0. The summed E-state index contributed by atoms with van der Waals surface area (Å²) in [6.07, 6.45) is 0. The number of carbonyl (C=O) groups excluding carboxylic acids is 1. The molecule has 0 heterocycles. The lowest BCUT2D eigenvalue weighted by atomic mass is 10.1. The van der Waals surface area contributed by atoms with Gasteiger partial charge in [-0.25, -0.2) is 4.79 Å². The van der Waals surface area contributed by atoms with Gasteiger partial charge in [-0.3, -0.25) is 4.79 Å². The third-order valence-electron chi connectivity index (χ3n) is 2.05. The van der Waals surface area contributed by atoms with Crippen LogP contribution in [0.2, 0.25) is 0 Å². The maximum atomic E-state index is 11.7. The minimum Gasteiger partial charge on any atom is -0.478 e. The second kappa shape index (κ2) is 4.85. The number of hydrogen-bond acceptors (Lipinski definition) is 3. The maximum absolute atomic E-state index is 11.7. The minimum atomic E-state index is -1.06. The molecule has 0 atom stereocenters. The highest BCUT2D eigenvalue weighted by atomic mass is 79.9. The van der Waals surface area contributed by atoms with Crippen LogP contribution in [0.3, 0.4) is 0 Å². The molecule has 4 N–H and O–H groups in total. The zero-order valence-electron chi connectivity index (χ0n) is 9.45. The molecular weight excluding hydrogens is 288 g/mol. The minimum absolute atomic E-state index is 0.0957. The number of benzene rings is 1. The van der Waals surface area contributed by atoms with Gasteiger partial charge in [0.1, 0.15) is 0 Å². The molecule has 0 unspecified atom stereocenters. The summed E-state index contributed by atoms with van der Waals surface area (Å²) >= 11 is 3.23. The van der Waals surface area contributed by atoms with E-state index in [0.29, 0.717) is 10.2 Å². The van der Waals surface area contributed by atoms with Crippen LogP contribution in [-0.2, 0) is 4.79 Å². The molecule has 0 aliphatic rings. The zero-order chi connectivity index (χ0) is 13.2. The Morgan fingerprint density at radius 1 is 1.41 bits per heavy atom. The topological polar surface area (TPSA) is 92.4 Å². The smallest absolute Gasteiger partial charge is 0.335 e. The number of rotatable bonds is 3. The van der Waals surface area contributed by atoms with Gasteiger partial charge in [-0.1, -0.05) is 0 Å². The quantitative estimate of drug-likeness (QED) is 0.794. The fourth-order valence-corrected chi connectivity index (χ4v) is 1.38. The molecule has 0 aliphatic carbocycles. The van der Waals surface area contributed by atoms with Crippen LogP contribution in [0.1, 0.15) is 24.2 Å². The molecule has 5 nitrogen and oxygen atoms in total. The van der Waals surface area contributed by atoms with E-state index in [-0.39, 0.29) is 11.5 Å². The Hall–Kier alpha value is -1.40. The molecule has 0 aromatic heterocycles. The van der Waals surface area contributed by atoms with Crippen molar-refractivity contribution in [3.8, 4) is 0 Å². The molecule has 17 heavy (non-hydrogen) atoms. The van der Waals surface area contributed by atoms with Crippen molar-refractivity contribution in [1.82, 2.24) is 0 Å². The SMILES string of the molecule is CC(C)(N)C(=O)Nc1cc(C(=O)O)ccc1Br. The van der Waals surface area contributed by atoms with Crippen molar-refractivity contribution >= 4 is 33.5 Å². The van der Waals surface area contributed by atoms with Crippen molar-refractivity contribution in [2.45, 2.75) is 19.4 Å². The molecule has 1 aromatic rings. The number of carboxylic acid groups (broad SMARTS) is 1. The summed E-state index contributed by atoms with van der Waals surface area (Å²) in [5, 5.41) is 11.4. The van der Waals surface area contributed by atoms with Crippen LogP contribution >= 0.6 is 15.9 Å². The highest BCUT2D eigenvalue weighted by molar-refractivity contribution is 9.10. The van der Waals surface area contributed by atoms with Crippen LogP contribution in [0.25, 0.3) is 0 Å². The largest absolute Gasteiger partial charge is 0.478 e. The maximum Gasteiger partial charge on any atom is 0.335 e. The molecule has 92 valence electrons. The van der Waals surface area contributed by atoms with Gasteiger partial charge in [-0.05, 0) is 48.0 Å². The predicted molar refractivity (Wildman–Crippen MR) is 68.0 cm³/mol. The number of carbonyl (C=O) groups is 2. The first-order chi connectivity index (χ1) is 7.71. The number of hydrogen-bond donors (Lipinski definition) is 3. The van der Waals surface area contributed by atoms with E-state index in [9.17, 15) is 9.59 Å². The monoisotopic (exact) mass is 300 g/mol. The summed E-state index contributed by atoms with van der Waals surface area (Å²) in [4.78, 5) is 22.5. The average molecular weight is 301 g/mol. The van der Waals surface area contributed by atoms with Gasteiger partial charge in [0, 0.05) is 4.47 Å². The third-order valence-corrected chi connectivity index (χ3v) is 2.74. The Labute approximate surface area is 107 Å². The number of nitrogens with one attached hydrogen (secondary N) is 1. The van der Waals surface area contributed by atoms with Crippen molar-refractivity contribution < 1.29 is 14.7 Å². The number of anilines is 1. The lowest BCUT2D eigenvalue weighted by Crippen LogP contribution is -2.45. The molecule has 1 aromatic carbocycles. The number of amides is 1. The van der Waals surface area contributed by atoms with Crippen LogP contribution < -0.4 is 11.1 Å². The summed E-state index contributed by atoms with van der Waals surface area (Å²) < 4.78 is 0.597. The van der Waals surface area contributed by atoms with Crippen LogP contribution in [-0.4, -0.2) is 22.5 Å². The Morgan fingerprint density at radius 3 is 2.47 bits per heavy atom. The van der Waals surface area contributed by atoms with E-state index in [1.807, 2.05) is 0 Å². The van der Waals surface area contributed by atoms with Gasteiger partial charge in [-0.2, -0.15) is 0 Å². The van der Waals surface area contributed by atoms with E-state index >= 15 is 0 Å². The standard InChI is InChI=1S/C11H13BrN2O3/c1-11(2,13)10(17)14-8-5-6(9(15)16)3-4-7(8)12/h3-5H,13H2,1-2H3,(H,14,17)(H,15,16). The molecule has 0 fully saturated rings. The second-order valence-corrected chi connectivity index (χ2v) is 5.03. The Bertz CT molecular complexity index is 466. The summed E-state index contributed by atoms with van der Waals surface area (Å²) in [6, 6.07) is 4.37. The molecule has 6 heteroatoms. The number of carboxylic acids is 1. The Kier molecular flexibility index (Phi) is 3.90. The van der Waals surface area contributed by atoms with E-state index in [1.54, 1.807) is 19.9 Å². The normalized spacial score (nSPS) is 11.1. The second-order valence-electron chi connectivity index (χ2n) is 4.18. The first-order valence-corrected chi connectivity index (χ1v) is 5.64. The highest BCUT2D eigenvalue weighted by Gasteiger charge is 2.22. The van der Waals surface area contributed by atoms with Crippen molar-refractivity contribution in [3.05, 3.63) is 28.2 Å². The lowest BCUT2D eigenvalue weighted by Gasteiger charge is -2.18. The fraction of sp³-hybridized carbons (Fsp3) is 0.273. The van der Waals surface area contributed by atoms with Gasteiger partial charge < -0.3 is 16.2 Å². The lowest BCUT2D eigenvalue weighted by molar-refractivity contribution is -0.120. The number of halogens is 1. The van der Waals surface area contributed by atoms with Gasteiger partial charge in [-0.15, -0.1) is 0 Å². The van der Waals surface area contributed by atoms with Gasteiger partial charge in [0.15, 0.2) is 0 Å². The van der Waals surface area contributed by atoms with Crippen LogP contribution in [0.5, 0.6) is 0 Å². The van der Waals surface area contributed by atoms with E-state index in [1.165, 1.54) is 12.1 Å². The molecule has 0 saturated heterocycles. The number of aromatic carboxylic acids is 1. The number of nitrogens with two attached hydrogens (primary N) is 1. The highest BCUT2D eigenvalue weighted by Crippen LogP contribution is 2.24. The van der Waals surface area contributed by atoms with Gasteiger partial charge in [0.05, 0.1) is 16.8 Å². The molecule has 0 spiro atoms. The molecule has 0 radical (unpaired) electrons. The van der Waals surface area contributed by atoms with Gasteiger partial charge >= 0.3 is 5.97 Å². The van der Waals surface area contributed by atoms with E-state index in [4.69, 9.17) is 10.8 Å². The van der Waals surface area contributed by atoms with Crippen molar-refractivity contribution in [3.63, 3.8) is 0 Å². The van der Waals surface area contributed by atoms with Crippen molar-refractivity contribution in [2.75, 3.05) is 5.32 Å². The summed E-state index contributed by atoms with van der Waals surface area (Å²) in [5.74, 6) is -1.44. The summed E-state index contributed by atoms with van der Waals surface area (Å²) in [5.41, 5.74) is 5.08. The van der Waals surface area contributed by atoms with Crippen molar-refractivity contribution in [2.24, 2.45) is 5.73 Å². The van der Waals surface area contributed by atoms with Crippen LogP contribution in [0.15, 0.2) is 22.7 Å². The molecule has 0 saturated carbocycles. The van der Waals surface area contributed by atoms with E-state index in [0.717, 1.165) is 0 Å². The first-order valence-electron chi connectivity index (χ1n) is 4.85. The Balaban J connectivity index is 3.02. The molecular formula is C11H13BrN2O3. The summed E-state index contributed by atoms with van der Waals surface area (Å²) in [7, 11) is 0.